The van der Waals surface area contributed by atoms with E-state index in [1.165, 1.54) is 17.8 Å². The zero-order valence-electron chi connectivity index (χ0n) is 14.5. The summed E-state index contributed by atoms with van der Waals surface area (Å²) in [6.45, 7) is 3.48. The molecule has 11 heteroatoms. The van der Waals surface area contributed by atoms with E-state index in [0.29, 0.717) is 21.6 Å². The van der Waals surface area contributed by atoms with Crippen molar-refractivity contribution in [3.8, 4) is 0 Å². The number of piperidine rings is 1. The molecule has 1 fully saturated rings. The molecule has 144 valence electrons. The predicted octanol–water partition coefficient (Wildman–Crippen LogP) is 1.47. The van der Waals surface area contributed by atoms with E-state index >= 15 is 0 Å². The molecule has 8 nitrogen and oxygen atoms in total. The molecule has 0 saturated carbocycles. The maximum atomic E-state index is 13.0. The maximum Gasteiger partial charge on any atom is 0.337 e. The first kappa shape index (κ1) is 18.7. The average Bonchev–Trinajstić information content (AvgIpc) is 3.24. The molecule has 0 bridgehead atoms. The van der Waals surface area contributed by atoms with Crippen molar-refractivity contribution in [1.29, 1.82) is 0 Å². The van der Waals surface area contributed by atoms with Crippen LogP contribution in [0.25, 0.3) is 11.0 Å². The van der Waals surface area contributed by atoms with Crippen LogP contribution in [0.3, 0.4) is 0 Å². The van der Waals surface area contributed by atoms with Gasteiger partial charge in [-0.25, -0.2) is 13.2 Å². The van der Waals surface area contributed by atoms with Crippen LogP contribution in [-0.4, -0.2) is 48.1 Å². The highest BCUT2D eigenvalue weighted by Crippen LogP contribution is 2.44. The van der Waals surface area contributed by atoms with Gasteiger partial charge in [-0.15, -0.1) is 11.8 Å². The zero-order chi connectivity index (χ0) is 19.0. The molecule has 1 saturated heterocycles. The largest absolute Gasteiger partial charge is 0.463 e. The van der Waals surface area contributed by atoms with Gasteiger partial charge < -0.3 is 10.1 Å². The summed E-state index contributed by atoms with van der Waals surface area (Å²) in [5.41, 5.74) is 1.29. The minimum atomic E-state index is -3.92. The molecule has 0 aliphatic carbocycles. The third-order valence-corrected chi connectivity index (χ3v) is 7.98. The van der Waals surface area contributed by atoms with Gasteiger partial charge in [0, 0.05) is 17.7 Å². The summed E-state index contributed by atoms with van der Waals surface area (Å²) in [5.74, 6) is -0.477. The van der Waals surface area contributed by atoms with Gasteiger partial charge in [0.15, 0.2) is 0 Å². The number of thioether (sulfide) groups is 1. The van der Waals surface area contributed by atoms with Gasteiger partial charge in [0.2, 0.25) is 0 Å². The lowest BCUT2D eigenvalue weighted by molar-refractivity contribution is -0.139. The molecule has 27 heavy (non-hydrogen) atoms. The van der Waals surface area contributed by atoms with Gasteiger partial charge in [0.05, 0.1) is 28.9 Å². The number of carbonyl (C=O) groups excluding carboxylic acids is 1. The lowest BCUT2D eigenvalue weighted by Gasteiger charge is -2.26. The molecule has 0 amide bonds. The van der Waals surface area contributed by atoms with Crippen molar-refractivity contribution in [2.45, 2.75) is 23.5 Å². The van der Waals surface area contributed by atoms with Gasteiger partial charge in [-0.2, -0.15) is 8.75 Å². The highest BCUT2D eigenvalue weighted by atomic mass is 32.2. The number of nitrogens with one attached hydrogen (secondary N) is 2. The van der Waals surface area contributed by atoms with E-state index < -0.39 is 16.0 Å². The summed E-state index contributed by atoms with van der Waals surface area (Å²) in [4.78, 5) is 12.6. The second-order valence-electron chi connectivity index (χ2n) is 6.21. The number of esters is 1. The van der Waals surface area contributed by atoms with Crippen LogP contribution < -0.4 is 10.0 Å². The van der Waals surface area contributed by atoms with Crippen molar-refractivity contribution >= 4 is 50.5 Å². The summed E-state index contributed by atoms with van der Waals surface area (Å²) >= 11 is 2.34. The monoisotopic (exact) mass is 426 g/mol. The third-order valence-electron chi connectivity index (χ3n) is 4.57. The molecule has 2 N–H and O–H groups in total. The van der Waals surface area contributed by atoms with Gasteiger partial charge in [-0.3, -0.25) is 4.72 Å². The molecular weight excluding hydrogens is 408 g/mol. The minimum Gasteiger partial charge on any atom is -0.463 e. The lowest BCUT2D eigenvalue weighted by atomic mass is 9.90. The van der Waals surface area contributed by atoms with E-state index in [2.05, 4.69) is 18.8 Å². The summed E-state index contributed by atoms with van der Waals surface area (Å²) in [6, 6.07) is 4.83. The second kappa shape index (κ2) is 7.38. The predicted molar refractivity (Wildman–Crippen MR) is 104 cm³/mol. The van der Waals surface area contributed by atoms with Crippen molar-refractivity contribution < 1.29 is 17.9 Å². The third kappa shape index (κ3) is 3.44. The van der Waals surface area contributed by atoms with Gasteiger partial charge in [0.25, 0.3) is 10.0 Å². The van der Waals surface area contributed by atoms with E-state index in [1.54, 1.807) is 19.1 Å². The number of fused-ring (bicyclic) bond motifs is 2. The highest BCUT2D eigenvalue weighted by Gasteiger charge is 2.42. The molecule has 4 rings (SSSR count). The Kier molecular flexibility index (Phi) is 5.10. The first-order valence-electron chi connectivity index (χ1n) is 8.54. The Balaban J connectivity index is 1.72. The Morgan fingerprint density at radius 3 is 3.07 bits per heavy atom. The fraction of sp³-hybridized carbons (Fsp3) is 0.438. The maximum absolute atomic E-state index is 13.0. The number of rotatable bonds is 5. The molecule has 0 radical (unpaired) electrons. The van der Waals surface area contributed by atoms with Gasteiger partial charge >= 0.3 is 5.97 Å². The first-order chi connectivity index (χ1) is 13.0. The first-order valence-corrected chi connectivity index (χ1v) is 11.6. The Labute approximate surface area is 165 Å². The fourth-order valence-electron chi connectivity index (χ4n) is 3.37. The standard InChI is InChI=1S/C16H18N4O4S3/c1-2-24-16(21)13-9-6-7-17-8-11(9)25-15(13)20-27(22,23)12-5-3-4-10-14(12)19-26-18-10/h3-5,9,11,17,20H,2,6-8H2,1H3. The van der Waals surface area contributed by atoms with Crippen LogP contribution in [0.4, 0.5) is 0 Å². The van der Waals surface area contributed by atoms with Crippen LogP contribution >= 0.6 is 23.5 Å². The number of carbonyl (C=O) groups is 1. The van der Waals surface area contributed by atoms with Crippen molar-refractivity contribution in [3.63, 3.8) is 0 Å². The van der Waals surface area contributed by atoms with Crippen LogP contribution in [0.5, 0.6) is 0 Å². The van der Waals surface area contributed by atoms with E-state index in [9.17, 15) is 13.2 Å². The summed E-state index contributed by atoms with van der Waals surface area (Å²) < 4.78 is 42.1. The fourth-order valence-corrected chi connectivity index (χ4v) is 6.93. The average molecular weight is 427 g/mol. The quantitative estimate of drug-likeness (QED) is 0.692. The number of sulfonamides is 1. The van der Waals surface area contributed by atoms with Crippen LogP contribution in [0.1, 0.15) is 13.3 Å². The summed E-state index contributed by atoms with van der Waals surface area (Å²) in [7, 11) is -3.92. The van der Waals surface area contributed by atoms with Gasteiger partial charge in [0.1, 0.15) is 15.9 Å². The normalized spacial score (nSPS) is 22.7. The number of nitrogens with zero attached hydrogens (tertiary/aromatic N) is 2. The Morgan fingerprint density at radius 1 is 1.41 bits per heavy atom. The molecule has 2 unspecified atom stereocenters. The molecule has 0 spiro atoms. The Hall–Kier alpha value is -1.69. The molecule has 3 heterocycles. The number of hydrogen-bond donors (Lipinski definition) is 2. The number of aromatic nitrogens is 2. The van der Waals surface area contributed by atoms with Crippen LogP contribution in [0.15, 0.2) is 33.7 Å². The SMILES string of the molecule is CCOC(=O)C1=C(NS(=O)(=O)c2cccc3nsnc23)SC2CNCCC12. The molecule has 2 aliphatic rings. The minimum absolute atomic E-state index is 0.0234. The molecular formula is C16H18N4O4S3. The summed E-state index contributed by atoms with van der Waals surface area (Å²) in [5, 5.41) is 3.75. The van der Waals surface area contributed by atoms with Crippen LogP contribution in [-0.2, 0) is 19.6 Å². The van der Waals surface area contributed by atoms with Crippen molar-refractivity contribution in [3.05, 3.63) is 28.8 Å². The Morgan fingerprint density at radius 2 is 2.26 bits per heavy atom. The smallest absolute Gasteiger partial charge is 0.337 e. The molecule has 2 atom stereocenters. The van der Waals surface area contributed by atoms with E-state index in [4.69, 9.17) is 4.74 Å². The van der Waals surface area contributed by atoms with Crippen LogP contribution in [0.2, 0.25) is 0 Å². The molecule has 1 aromatic heterocycles. The van der Waals surface area contributed by atoms with Crippen molar-refractivity contribution in [2.75, 3.05) is 19.7 Å². The number of benzene rings is 1. The number of ether oxygens (including phenoxy) is 1. The highest BCUT2D eigenvalue weighted by molar-refractivity contribution is 8.05. The van der Waals surface area contributed by atoms with Gasteiger partial charge in [-0.05, 0) is 32.0 Å². The van der Waals surface area contributed by atoms with Gasteiger partial charge in [-0.1, -0.05) is 6.07 Å². The van der Waals surface area contributed by atoms with Crippen LogP contribution in [0, 0.1) is 5.92 Å². The zero-order valence-corrected chi connectivity index (χ0v) is 16.9. The molecule has 2 aromatic rings. The molecule has 1 aromatic carbocycles. The van der Waals surface area contributed by atoms with Crippen molar-refractivity contribution in [2.24, 2.45) is 5.92 Å². The Bertz CT molecular complexity index is 1020. The second-order valence-corrected chi connectivity index (χ2v) is 9.64. The molecule has 2 aliphatic heterocycles. The summed E-state index contributed by atoms with van der Waals surface area (Å²) in [6.07, 6.45) is 0.766. The lowest BCUT2D eigenvalue weighted by Crippen LogP contribution is -2.38. The van der Waals surface area contributed by atoms with E-state index in [-0.39, 0.29) is 22.7 Å². The topological polar surface area (TPSA) is 110 Å². The van der Waals surface area contributed by atoms with E-state index in [1.807, 2.05) is 0 Å². The van der Waals surface area contributed by atoms with Crippen molar-refractivity contribution in [1.82, 2.24) is 18.8 Å². The van der Waals surface area contributed by atoms with E-state index in [0.717, 1.165) is 31.2 Å². The number of hydrogen-bond acceptors (Lipinski definition) is 9.